The molecule has 1 saturated heterocycles. The third kappa shape index (κ3) is 5.89. The highest BCUT2D eigenvalue weighted by molar-refractivity contribution is 6.32. The second-order valence-electron chi connectivity index (χ2n) is 6.40. The van der Waals surface area contributed by atoms with E-state index in [2.05, 4.69) is 0 Å². The van der Waals surface area contributed by atoms with Gasteiger partial charge in [-0.3, -0.25) is 9.59 Å². The highest BCUT2D eigenvalue weighted by atomic mass is 35.5. The molecule has 27 heavy (non-hydrogen) atoms. The van der Waals surface area contributed by atoms with Crippen molar-refractivity contribution in [2.75, 3.05) is 39.9 Å². The van der Waals surface area contributed by atoms with Crippen LogP contribution in [0.1, 0.15) is 32.3 Å². The topological polar surface area (TPSA) is 59.1 Å². The summed E-state index contributed by atoms with van der Waals surface area (Å²) in [5, 5.41) is 0.446. The number of hydrogen-bond donors (Lipinski definition) is 0. The third-order valence-corrected chi connectivity index (χ3v) is 4.65. The lowest BCUT2D eigenvalue weighted by atomic mass is 10.1. The number of benzene rings is 1. The Hall–Kier alpha value is -2.21. The number of carbonyl (C=O) groups excluding carboxylic acids is 2. The van der Waals surface area contributed by atoms with E-state index in [1.165, 1.54) is 6.08 Å². The van der Waals surface area contributed by atoms with Gasteiger partial charge < -0.3 is 19.3 Å². The Bertz CT molecular complexity index is 705. The molecule has 0 saturated carbocycles. The van der Waals surface area contributed by atoms with Gasteiger partial charge in [0.15, 0.2) is 11.5 Å². The van der Waals surface area contributed by atoms with Crippen molar-refractivity contribution in [2.45, 2.75) is 26.7 Å². The second-order valence-corrected chi connectivity index (χ2v) is 6.81. The molecule has 1 aromatic carbocycles. The van der Waals surface area contributed by atoms with E-state index in [0.29, 0.717) is 49.3 Å². The molecule has 1 aromatic rings. The molecule has 0 N–H and O–H groups in total. The summed E-state index contributed by atoms with van der Waals surface area (Å²) >= 11 is 6.31. The number of halogens is 1. The van der Waals surface area contributed by atoms with Crippen molar-refractivity contribution in [1.82, 2.24) is 9.80 Å². The van der Waals surface area contributed by atoms with Crippen molar-refractivity contribution in [3.8, 4) is 11.5 Å². The van der Waals surface area contributed by atoms with Gasteiger partial charge in [0.1, 0.15) is 0 Å². The van der Waals surface area contributed by atoms with Crippen molar-refractivity contribution < 1.29 is 19.1 Å². The maximum atomic E-state index is 12.5. The lowest BCUT2D eigenvalue weighted by Gasteiger charge is -2.20. The van der Waals surface area contributed by atoms with E-state index in [9.17, 15) is 9.59 Å². The monoisotopic (exact) mass is 394 g/mol. The van der Waals surface area contributed by atoms with Crippen LogP contribution in [0, 0.1) is 0 Å². The first-order valence-corrected chi connectivity index (χ1v) is 9.56. The summed E-state index contributed by atoms with van der Waals surface area (Å²) in [5.41, 5.74) is 0.759. The third-order valence-electron chi connectivity index (χ3n) is 4.37. The zero-order chi connectivity index (χ0) is 19.8. The standard InChI is InChI=1S/C20H27ClN2O4/c1-4-12-27-20-17(21)13-16(14-18(20)26-3)6-7-19(25)23-9-5-8-22(10-11-23)15(2)24/h6-7,13-14H,4-5,8-12H2,1-3H3/b7-6+. The molecule has 7 heteroatoms. The van der Waals surface area contributed by atoms with Crippen LogP contribution in [0.15, 0.2) is 18.2 Å². The number of nitrogens with zero attached hydrogens (tertiary/aromatic N) is 2. The number of methoxy groups -OCH3 is 1. The smallest absolute Gasteiger partial charge is 0.246 e. The van der Waals surface area contributed by atoms with E-state index in [0.717, 1.165) is 18.4 Å². The van der Waals surface area contributed by atoms with Gasteiger partial charge in [0.2, 0.25) is 11.8 Å². The molecule has 6 nitrogen and oxygen atoms in total. The minimum atomic E-state index is -0.0817. The van der Waals surface area contributed by atoms with Crippen molar-refractivity contribution in [3.05, 3.63) is 28.8 Å². The van der Waals surface area contributed by atoms with Crippen LogP contribution in [-0.4, -0.2) is 61.5 Å². The quantitative estimate of drug-likeness (QED) is 0.695. The summed E-state index contributed by atoms with van der Waals surface area (Å²) in [5.74, 6) is 1.02. The minimum absolute atomic E-state index is 0.0481. The molecule has 1 heterocycles. The number of rotatable bonds is 6. The maximum absolute atomic E-state index is 12.5. The summed E-state index contributed by atoms with van der Waals surface area (Å²) in [4.78, 5) is 27.5. The number of amides is 2. The maximum Gasteiger partial charge on any atom is 0.246 e. The summed E-state index contributed by atoms with van der Waals surface area (Å²) in [6.07, 6.45) is 4.89. The molecule has 0 bridgehead atoms. The van der Waals surface area contributed by atoms with Crippen molar-refractivity contribution in [1.29, 1.82) is 0 Å². The molecule has 1 fully saturated rings. The molecule has 2 rings (SSSR count). The Labute approximate surface area is 165 Å². The van der Waals surface area contributed by atoms with Crippen molar-refractivity contribution in [2.24, 2.45) is 0 Å². The average Bonchev–Trinajstić information content (AvgIpc) is 2.91. The van der Waals surface area contributed by atoms with Gasteiger partial charge in [-0.15, -0.1) is 0 Å². The molecular weight excluding hydrogens is 368 g/mol. The number of hydrogen-bond acceptors (Lipinski definition) is 4. The SMILES string of the molecule is CCCOc1c(Cl)cc(/C=C/C(=O)N2CCCN(C(C)=O)CC2)cc1OC. The molecule has 0 aromatic heterocycles. The average molecular weight is 395 g/mol. The Kier molecular flexibility index (Phi) is 7.98. The van der Waals surface area contributed by atoms with Gasteiger partial charge >= 0.3 is 0 Å². The Balaban J connectivity index is 2.07. The Morgan fingerprint density at radius 3 is 2.56 bits per heavy atom. The molecule has 0 spiro atoms. The van der Waals surface area contributed by atoms with Gasteiger partial charge in [-0.05, 0) is 36.6 Å². The highest BCUT2D eigenvalue weighted by Gasteiger charge is 2.19. The van der Waals surface area contributed by atoms with E-state index in [1.54, 1.807) is 42.0 Å². The van der Waals surface area contributed by atoms with E-state index >= 15 is 0 Å². The van der Waals surface area contributed by atoms with E-state index in [4.69, 9.17) is 21.1 Å². The minimum Gasteiger partial charge on any atom is -0.493 e. The van der Waals surface area contributed by atoms with Crippen LogP contribution < -0.4 is 9.47 Å². The Morgan fingerprint density at radius 2 is 1.89 bits per heavy atom. The fourth-order valence-electron chi connectivity index (χ4n) is 2.91. The van der Waals surface area contributed by atoms with Crippen LogP contribution in [0.3, 0.4) is 0 Å². The normalized spacial score (nSPS) is 15.0. The first-order chi connectivity index (χ1) is 13.0. The zero-order valence-electron chi connectivity index (χ0n) is 16.2. The van der Waals surface area contributed by atoms with Crippen LogP contribution in [0.4, 0.5) is 0 Å². The first-order valence-electron chi connectivity index (χ1n) is 9.19. The molecule has 0 radical (unpaired) electrons. The van der Waals surface area contributed by atoms with Crippen molar-refractivity contribution in [3.63, 3.8) is 0 Å². The predicted octanol–water partition coefficient (Wildman–Crippen LogP) is 3.23. The summed E-state index contributed by atoms with van der Waals surface area (Å²) < 4.78 is 11.0. The molecular formula is C20H27ClN2O4. The van der Waals surface area contributed by atoms with Gasteiger partial charge in [-0.25, -0.2) is 0 Å². The molecule has 0 unspecified atom stereocenters. The fraction of sp³-hybridized carbons (Fsp3) is 0.500. The zero-order valence-corrected chi connectivity index (χ0v) is 16.9. The molecule has 148 valence electrons. The summed E-state index contributed by atoms with van der Waals surface area (Å²) in [6, 6.07) is 3.54. The highest BCUT2D eigenvalue weighted by Crippen LogP contribution is 2.36. The summed E-state index contributed by atoms with van der Waals surface area (Å²) in [7, 11) is 1.56. The molecule has 1 aliphatic rings. The van der Waals surface area contributed by atoms with Gasteiger partial charge in [0.25, 0.3) is 0 Å². The lowest BCUT2D eigenvalue weighted by molar-refractivity contribution is -0.130. The first kappa shape index (κ1) is 21.1. The molecule has 1 aliphatic heterocycles. The number of ether oxygens (including phenoxy) is 2. The Morgan fingerprint density at radius 1 is 1.19 bits per heavy atom. The van der Waals surface area contributed by atoms with Crippen LogP contribution in [0.5, 0.6) is 11.5 Å². The lowest BCUT2D eigenvalue weighted by Crippen LogP contribution is -2.35. The second kappa shape index (κ2) is 10.2. The van der Waals surface area contributed by atoms with Gasteiger partial charge in [-0.1, -0.05) is 18.5 Å². The predicted molar refractivity (Wildman–Crippen MR) is 106 cm³/mol. The molecule has 0 aliphatic carbocycles. The molecule has 2 amide bonds. The number of carbonyl (C=O) groups is 2. The van der Waals surface area contributed by atoms with Crippen LogP contribution in [0.25, 0.3) is 6.08 Å². The molecule has 0 atom stereocenters. The summed E-state index contributed by atoms with van der Waals surface area (Å²) in [6.45, 7) is 6.56. The van der Waals surface area contributed by atoms with E-state index < -0.39 is 0 Å². The van der Waals surface area contributed by atoms with Gasteiger partial charge in [0, 0.05) is 39.2 Å². The van der Waals surface area contributed by atoms with E-state index in [1.807, 2.05) is 6.92 Å². The van der Waals surface area contributed by atoms with Gasteiger partial charge in [-0.2, -0.15) is 0 Å². The van der Waals surface area contributed by atoms with Crippen molar-refractivity contribution >= 4 is 29.5 Å². The van der Waals surface area contributed by atoms with Crippen LogP contribution >= 0.6 is 11.6 Å². The van der Waals surface area contributed by atoms with E-state index in [-0.39, 0.29) is 11.8 Å². The van der Waals surface area contributed by atoms with Crippen LogP contribution in [-0.2, 0) is 9.59 Å². The van der Waals surface area contributed by atoms with Gasteiger partial charge in [0.05, 0.1) is 18.7 Å². The fourth-order valence-corrected chi connectivity index (χ4v) is 3.18. The largest absolute Gasteiger partial charge is 0.493 e. The van der Waals surface area contributed by atoms with Crippen LogP contribution in [0.2, 0.25) is 5.02 Å².